The number of imidazole rings is 1. The van der Waals surface area contributed by atoms with Crippen LogP contribution >= 0.6 is 0 Å². The van der Waals surface area contributed by atoms with Gasteiger partial charge in [0.15, 0.2) is 5.65 Å². The van der Waals surface area contributed by atoms with E-state index >= 15 is 0 Å². The Bertz CT molecular complexity index is 1080. The van der Waals surface area contributed by atoms with Gasteiger partial charge in [-0.25, -0.2) is 14.8 Å². The maximum atomic E-state index is 11.0. The molecule has 0 radical (unpaired) electrons. The van der Waals surface area contributed by atoms with Gasteiger partial charge in [0.25, 0.3) is 0 Å². The Labute approximate surface area is 150 Å². The third-order valence-electron chi connectivity index (χ3n) is 4.30. The van der Waals surface area contributed by atoms with Crippen LogP contribution in [0.4, 0.5) is 0 Å². The van der Waals surface area contributed by atoms with Crippen LogP contribution in [0.5, 0.6) is 0 Å². The third kappa shape index (κ3) is 2.95. The number of carbonyl (C=O) groups is 1. The number of aromatic nitrogens is 3. The predicted molar refractivity (Wildman–Crippen MR) is 100 cm³/mol. The summed E-state index contributed by atoms with van der Waals surface area (Å²) >= 11 is 0. The summed E-state index contributed by atoms with van der Waals surface area (Å²) in [5.74, 6) is -0.0761. The molecule has 0 aliphatic heterocycles. The summed E-state index contributed by atoms with van der Waals surface area (Å²) in [5, 5.41) is 9.07. The molecule has 2 aromatic heterocycles. The number of carboxylic acid groups (broad SMARTS) is 1. The molecule has 2 heterocycles. The van der Waals surface area contributed by atoms with Crippen molar-refractivity contribution < 1.29 is 9.90 Å². The second-order valence-electron chi connectivity index (χ2n) is 6.25. The molecule has 128 valence electrons. The quantitative estimate of drug-likeness (QED) is 0.604. The second-order valence-corrected chi connectivity index (χ2v) is 6.25. The second kappa shape index (κ2) is 6.44. The average Bonchev–Trinajstić information content (AvgIpc) is 3.00. The molecule has 5 heteroatoms. The minimum Gasteiger partial charge on any atom is -0.478 e. The zero-order chi connectivity index (χ0) is 18.1. The van der Waals surface area contributed by atoms with Crippen molar-refractivity contribution in [2.75, 3.05) is 0 Å². The van der Waals surface area contributed by atoms with Crippen LogP contribution in [0.15, 0.2) is 66.9 Å². The molecule has 0 spiro atoms. The van der Waals surface area contributed by atoms with Crippen LogP contribution in [-0.4, -0.2) is 25.6 Å². The van der Waals surface area contributed by atoms with Crippen LogP contribution < -0.4 is 0 Å². The number of aryl methyl sites for hydroxylation is 1. The van der Waals surface area contributed by atoms with Crippen molar-refractivity contribution in [2.24, 2.45) is 0 Å². The Morgan fingerprint density at radius 2 is 1.81 bits per heavy atom. The summed E-state index contributed by atoms with van der Waals surface area (Å²) in [7, 11) is 0. The molecule has 4 aromatic rings. The van der Waals surface area contributed by atoms with Crippen molar-refractivity contribution >= 4 is 17.1 Å². The Morgan fingerprint density at radius 1 is 1.08 bits per heavy atom. The fraction of sp³-hybridized carbons (Fsp3) is 0.0952. The van der Waals surface area contributed by atoms with Gasteiger partial charge >= 0.3 is 5.97 Å². The van der Waals surface area contributed by atoms with E-state index in [0.29, 0.717) is 6.54 Å². The highest BCUT2D eigenvalue weighted by atomic mass is 16.4. The molecular formula is C21H17N3O2. The van der Waals surface area contributed by atoms with Gasteiger partial charge in [0.1, 0.15) is 11.3 Å². The number of nitrogens with zero attached hydrogens (tertiary/aromatic N) is 3. The maximum Gasteiger partial charge on any atom is 0.335 e. The Kier molecular flexibility index (Phi) is 3.97. The summed E-state index contributed by atoms with van der Waals surface area (Å²) in [6.45, 7) is 2.56. The summed E-state index contributed by atoms with van der Waals surface area (Å²) in [6.07, 6.45) is 1.84. The smallest absolute Gasteiger partial charge is 0.335 e. The third-order valence-corrected chi connectivity index (χ3v) is 4.30. The molecule has 5 nitrogen and oxygen atoms in total. The molecule has 0 saturated heterocycles. The molecule has 0 fully saturated rings. The number of rotatable bonds is 4. The van der Waals surface area contributed by atoms with Gasteiger partial charge in [0.2, 0.25) is 0 Å². The highest BCUT2D eigenvalue weighted by Crippen LogP contribution is 2.25. The number of hydrogen-bond acceptors (Lipinski definition) is 3. The van der Waals surface area contributed by atoms with Gasteiger partial charge in [-0.2, -0.15) is 0 Å². The lowest BCUT2D eigenvalue weighted by Crippen LogP contribution is -2.04. The van der Waals surface area contributed by atoms with Crippen LogP contribution in [0, 0.1) is 6.92 Å². The Balaban J connectivity index is 1.83. The van der Waals surface area contributed by atoms with Crippen LogP contribution in [0.3, 0.4) is 0 Å². The molecule has 0 amide bonds. The normalized spacial score (nSPS) is 11.0. The van der Waals surface area contributed by atoms with Crippen LogP contribution in [-0.2, 0) is 6.54 Å². The fourth-order valence-electron chi connectivity index (χ4n) is 3.00. The van der Waals surface area contributed by atoms with Gasteiger partial charge in [-0.15, -0.1) is 0 Å². The van der Waals surface area contributed by atoms with Crippen molar-refractivity contribution in [2.45, 2.75) is 13.5 Å². The lowest BCUT2D eigenvalue weighted by molar-refractivity contribution is 0.0697. The number of fused-ring (bicyclic) bond motifs is 1. The average molecular weight is 343 g/mol. The molecule has 0 bridgehead atoms. The molecule has 4 rings (SSSR count). The molecule has 0 aliphatic carbocycles. The van der Waals surface area contributed by atoms with Gasteiger partial charge < -0.3 is 9.67 Å². The molecule has 2 aromatic carbocycles. The Morgan fingerprint density at radius 3 is 2.50 bits per heavy atom. The highest BCUT2D eigenvalue weighted by Gasteiger charge is 2.14. The summed E-state index contributed by atoms with van der Waals surface area (Å²) in [5.41, 5.74) is 5.02. The number of aromatic carboxylic acids is 1. The maximum absolute atomic E-state index is 11.0. The van der Waals surface area contributed by atoms with Gasteiger partial charge in [-0.3, -0.25) is 0 Å². The molecule has 1 N–H and O–H groups in total. The number of pyridine rings is 1. The molecule has 0 unspecified atom stereocenters. The number of benzene rings is 2. The van der Waals surface area contributed by atoms with Gasteiger partial charge in [0, 0.05) is 11.8 Å². The molecule has 26 heavy (non-hydrogen) atoms. The first-order valence-electron chi connectivity index (χ1n) is 8.32. The SMILES string of the molecule is Cc1cnc2c(c1)nc(-c1ccccc1)n2Cc1ccc(C(=O)O)cc1. The molecule has 0 saturated carbocycles. The standard InChI is InChI=1S/C21H17N3O2/c1-14-11-18-20(22-12-14)24(19(23-18)16-5-3-2-4-6-16)13-15-7-9-17(10-8-15)21(25)26/h2-12H,13H2,1H3,(H,25,26). The van der Waals surface area contributed by atoms with Crippen molar-refractivity contribution in [1.29, 1.82) is 0 Å². The Hall–Kier alpha value is -3.47. The topological polar surface area (TPSA) is 68.0 Å². The van der Waals surface area contributed by atoms with Crippen molar-refractivity contribution in [1.82, 2.24) is 14.5 Å². The summed E-state index contributed by atoms with van der Waals surface area (Å²) in [6, 6.07) is 18.9. The van der Waals surface area contributed by atoms with E-state index in [0.717, 1.165) is 33.7 Å². The zero-order valence-electron chi connectivity index (χ0n) is 14.3. The van der Waals surface area contributed by atoms with Crippen LogP contribution in [0.2, 0.25) is 0 Å². The van der Waals surface area contributed by atoms with E-state index in [1.165, 1.54) is 0 Å². The van der Waals surface area contributed by atoms with E-state index in [-0.39, 0.29) is 5.56 Å². The predicted octanol–water partition coefficient (Wildman–Crippen LogP) is 4.15. The van der Waals surface area contributed by atoms with E-state index < -0.39 is 5.97 Å². The van der Waals surface area contributed by atoms with Crippen molar-refractivity contribution in [3.05, 3.63) is 83.6 Å². The molecule has 0 aliphatic rings. The first-order chi connectivity index (χ1) is 12.6. The van der Waals surface area contributed by atoms with Gasteiger partial charge in [0.05, 0.1) is 12.1 Å². The van der Waals surface area contributed by atoms with E-state index in [9.17, 15) is 4.79 Å². The largest absolute Gasteiger partial charge is 0.478 e. The molecular weight excluding hydrogens is 326 g/mol. The van der Waals surface area contributed by atoms with E-state index in [1.54, 1.807) is 12.1 Å². The van der Waals surface area contributed by atoms with E-state index in [4.69, 9.17) is 10.1 Å². The van der Waals surface area contributed by atoms with Crippen molar-refractivity contribution in [3.63, 3.8) is 0 Å². The first kappa shape index (κ1) is 16.0. The fourth-order valence-corrected chi connectivity index (χ4v) is 3.00. The summed E-state index contributed by atoms with van der Waals surface area (Å²) < 4.78 is 2.07. The van der Waals surface area contributed by atoms with Gasteiger partial charge in [-0.1, -0.05) is 42.5 Å². The van der Waals surface area contributed by atoms with E-state index in [1.807, 2.05) is 61.7 Å². The summed E-state index contributed by atoms with van der Waals surface area (Å²) in [4.78, 5) is 20.4. The van der Waals surface area contributed by atoms with E-state index in [2.05, 4.69) is 9.55 Å². The monoisotopic (exact) mass is 343 g/mol. The number of hydrogen-bond donors (Lipinski definition) is 1. The lowest BCUT2D eigenvalue weighted by atomic mass is 10.1. The molecule has 0 atom stereocenters. The van der Waals surface area contributed by atoms with Crippen LogP contribution in [0.25, 0.3) is 22.6 Å². The highest BCUT2D eigenvalue weighted by molar-refractivity contribution is 5.87. The van der Waals surface area contributed by atoms with Crippen molar-refractivity contribution in [3.8, 4) is 11.4 Å². The van der Waals surface area contributed by atoms with Crippen LogP contribution in [0.1, 0.15) is 21.5 Å². The first-order valence-corrected chi connectivity index (χ1v) is 8.32. The lowest BCUT2D eigenvalue weighted by Gasteiger charge is -2.09. The minimum absolute atomic E-state index is 0.279. The van der Waals surface area contributed by atoms with Gasteiger partial charge in [-0.05, 0) is 36.2 Å². The zero-order valence-corrected chi connectivity index (χ0v) is 14.3. The minimum atomic E-state index is -0.924. The number of carboxylic acids is 1.